The Morgan fingerprint density at radius 1 is 1.05 bits per heavy atom. The van der Waals surface area contributed by atoms with Gasteiger partial charge in [-0.25, -0.2) is 0 Å². The Bertz CT molecular complexity index is 499. The zero-order valence-corrected chi connectivity index (χ0v) is 14.2. The molecule has 2 heterocycles. The second kappa shape index (κ2) is 5.56. The van der Waals surface area contributed by atoms with Gasteiger partial charge in [0.1, 0.15) is 0 Å². The van der Waals surface area contributed by atoms with Crippen molar-refractivity contribution in [3.05, 3.63) is 29.8 Å². The van der Waals surface area contributed by atoms with Crippen LogP contribution in [0.1, 0.15) is 38.2 Å². The number of rotatable bonds is 3. The maximum Gasteiger partial charge on any atom is 0.0366 e. The van der Waals surface area contributed by atoms with Gasteiger partial charge in [-0.05, 0) is 62.0 Å². The second-order valence-electron chi connectivity index (χ2n) is 8.45. The zero-order valence-electron chi connectivity index (χ0n) is 14.2. The van der Waals surface area contributed by atoms with Gasteiger partial charge in [-0.15, -0.1) is 0 Å². The molecule has 0 aromatic heterocycles. The maximum atomic E-state index is 2.73. The van der Waals surface area contributed by atoms with Crippen molar-refractivity contribution in [2.45, 2.75) is 39.5 Å². The molecular formula is C20H30N2. The summed E-state index contributed by atoms with van der Waals surface area (Å²) in [5, 5.41) is 0. The fourth-order valence-corrected chi connectivity index (χ4v) is 5.20. The number of hydrogen-bond acceptors (Lipinski definition) is 2. The van der Waals surface area contributed by atoms with Gasteiger partial charge in [0.2, 0.25) is 0 Å². The molecule has 120 valence electrons. The van der Waals surface area contributed by atoms with Crippen LogP contribution in [0, 0.1) is 24.2 Å². The molecule has 22 heavy (non-hydrogen) atoms. The molecule has 2 saturated heterocycles. The topological polar surface area (TPSA) is 6.48 Å². The quantitative estimate of drug-likeness (QED) is 0.834. The summed E-state index contributed by atoms with van der Waals surface area (Å²) in [6.45, 7) is 11.2. The molecule has 0 N–H and O–H groups in total. The molecule has 4 rings (SSSR count). The Morgan fingerprint density at radius 2 is 1.68 bits per heavy atom. The van der Waals surface area contributed by atoms with Gasteiger partial charge in [0.05, 0.1) is 0 Å². The van der Waals surface area contributed by atoms with E-state index in [1.807, 2.05) is 0 Å². The summed E-state index contributed by atoms with van der Waals surface area (Å²) in [6.07, 6.45) is 5.73. The molecule has 1 saturated carbocycles. The van der Waals surface area contributed by atoms with Gasteiger partial charge in [0.25, 0.3) is 0 Å². The number of benzene rings is 1. The summed E-state index contributed by atoms with van der Waals surface area (Å²) >= 11 is 0. The molecule has 3 fully saturated rings. The van der Waals surface area contributed by atoms with E-state index in [0.29, 0.717) is 0 Å². The van der Waals surface area contributed by atoms with Crippen molar-refractivity contribution in [1.29, 1.82) is 0 Å². The van der Waals surface area contributed by atoms with Crippen molar-refractivity contribution in [3.8, 4) is 0 Å². The molecule has 1 aromatic rings. The highest BCUT2D eigenvalue weighted by atomic mass is 15.2. The van der Waals surface area contributed by atoms with Gasteiger partial charge >= 0.3 is 0 Å². The van der Waals surface area contributed by atoms with Crippen LogP contribution in [0.4, 0.5) is 5.69 Å². The number of anilines is 1. The van der Waals surface area contributed by atoms with E-state index >= 15 is 0 Å². The third kappa shape index (κ3) is 2.78. The van der Waals surface area contributed by atoms with E-state index < -0.39 is 0 Å². The van der Waals surface area contributed by atoms with Crippen molar-refractivity contribution in [1.82, 2.24) is 4.90 Å². The Morgan fingerprint density at radius 3 is 2.27 bits per heavy atom. The van der Waals surface area contributed by atoms with Crippen LogP contribution in [0.5, 0.6) is 0 Å². The molecule has 2 nitrogen and oxygen atoms in total. The highest BCUT2D eigenvalue weighted by Crippen LogP contribution is 2.51. The molecule has 0 unspecified atom stereocenters. The predicted octanol–water partition coefficient (Wildman–Crippen LogP) is 3.94. The molecular weight excluding hydrogens is 268 g/mol. The standard InChI is InChI=1S/C20H30N2/c1-16-3-5-19(6-4-16)22-9-7-18(8-10-22)13-21-14-20(15-21)11-17(2)12-20/h3-6,17-18H,7-15H2,1-2H3. The predicted molar refractivity (Wildman–Crippen MR) is 93.4 cm³/mol. The van der Waals surface area contributed by atoms with Gasteiger partial charge in [-0.3, -0.25) is 0 Å². The van der Waals surface area contributed by atoms with E-state index in [4.69, 9.17) is 0 Å². The van der Waals surface area contributed by atoms with E-state index in [1.165, 1.54) is 69.7 Å². The van der Waals surface area contributed by atoms with Crippen LogP contribution in [0.25, 0.3) is 0 Å². The number of piperidine rings is 1. The summed E-state index contributed by atoms with van der Waals surface area (Å²) in [5.41, 5.74) is 3.54. The molecule has 0 amide bonds. The molecule has 2 aliphatic heterocycles. The van der Waals surface area contributed by atoms with Crippen LogP contribution in [0.3, 0.4) is 0 Å². The Hall–Kier alpha value is -1.02. The number of nitrogens with zero attached hydrogens (tertiary/aromatic N) is 2. The fraction of sp³-hybridized carbons (Fsp3) is 0.700. The summed E-state index contributed by atoms with van der Waals surface area (Å²) in [7, 11) is 0. The van der Waals surface area contributed by atoms with Gasteiger partial charge in [-0.1, -0.05) is 24.6 Å². The lowest BCUT2D eigenvalue weighted by Gasteiger charge is -2.59. The Labute approximate surface area is 135 Å². The van der Waals surface area contributed by atoms with Crippen LogP contribution in [-0.4, -0.2) is 37.6 Å². The normalized spacial score (nSPS) is 26.0. The van der Waals surface area contributed by atoms with Crippen LogP contribution in [-0.2, 0) is 0 Å². The lowest BCUT2D eigenvalue weighted by molar-refractivity contribution is -0.0952. The largest absolute Gasteiger partial charge is 0.372 e. The highest BCUT2D eigenvalue weighted by Gasteiger charge is 2.50. The molecule has 0 radical (unpaired) electrons. The van der Waals surface area contributed by atoms with Crippen molar-refractivity contribution >= 4 is 5.69 Å². The van der Waals surface area contributed by atoms with Gasteiger partial charge in [0, 0.05) is 38.4 Å². The van der Waals surface area contributed by atoms with E-state index in [1.54, 1.807) is 0 Å². The minimum absolute atomic E-state index is 0.766. The summed E-state index contributed by atoms with van der Waals surface area (Å²) in [6, 6.07) is 9.04. The van der Waals surface area contributed by atoms with E-state index in [2.05, 4.69) is 47.9 Å². The van der Waals surface area contributed by atoms with E-state index in [-0.39, 0.29) is 0 Å². The molecule has 1 aromatic carbocycles. The van der Waals surface area contributed by atoms with Gasteiger partial charge in [-0.2, -0.15) is 0 Å². The molecule has 3 aliphatic rings. The van der Waals surface area contributed by atoms with E-state index in [9.17, 15) is 0 Å². The molecule has 1 spiro atoms. The van der Waals surface area contributed by atoms with Crippen molar-refractivity contribution in [3.63, 3.8) is 0 Å². The number of likely N-dealkylation sites (tertiary alicyclic amines) is 1. The van der Waals surface area contributed by atoms with Crippen LogP contribution in [0.2, 0.25) is 0 Å². The minimum atomic E-state index is 0.766. The lowest BCUT2D eigenvalue weighted by atomic mass is 9.58. The Balaban J connectivity index is 1.22. The third-order valence-corrected chi connectivity index (χ3v) is 6.21. The van der Waals surface area contributed by atoms with Crippen LogP contribution >= 0.6 is 0 Å². The highest BCUT2D eigenvalue weighted by molar-refractivity contribution is 5.47. The summed E-state index contributed by atoms with van der Waals surface area (Å²) < 4.78 is 0. The first-order chi connectivity index (χ1) is 10.6. The van der Waals surface area contributed by atoms with Crippen LogP contribution in [0.15, 0.2) is 24.3 Å². The first-order valence-electron chi connectivity index (χ1n) is 9.16. The minimum Gasteiger partial charge on any atom is -0.372 e. The summed E-state index contributed by atoms with van der Waals surface area (Å²) in [5.74, 6) is 1.93. The lowest BCUT2D eigenvalue weighted by Crippen LogP contribution is -2.62. The van der Waals surface area contributed by atoms with Gasteiger partial charge < -0.3 is 9.80 Å². The van der Waals surface area contributed by atoms with Gasteiger partial charge in [0.15, 0.2) is 0 Å². The summed E-state index contributed by atoms with van der Waals surface area (Å²) in [4.78, 5) is 5.30. The fourth-order valence-electron chi connectivity index (χ4n) is 5.20. The third-order valence-electron chi connectivity index (χ3n) is 6.21. The monoisotopic (exact) mass is 298 g/mol. The SMILES string of the molecule is Cc1ccc(N2CCC(CN3CC4(CC(C)C4)C3)CC2)cc1. The first kappa shape index (κ1) is 14.6. The average Bonchev–Trinajstić information content (AvgIpc) is 2.45. The number of aryl methyl sites for hydroxylation is 1. The van der Waals surface area contributed by atoms with Crippen molar-refractivity contribution in [2.75, 3.05) is 37.6 Å². The molecule has 0 atom stereocenters. The van der Waals surface area contributed by atoms with Crippen LogP contribution < -0.4 is 4.90 Å². The molecule has 1 aliphatic carbocycles. The average molecular weight is 298 g/mol. The maximum absolute atomic E-state index is 2.73. The second-order valence-corrected chi connectivity index (χ2v) is 8.45. The Kier molecular flexibility index (Phi) is 3.68. The van der Waals surface area contributed by atoms with Crippen molar-refractivity contribution < 1.29 is 0 Å². The molecule has 0 bridgehead atoms. The van der Waals surface area contributed by atoms with E-state index in [0.717, 1.165) is 17.3 Å². The zero-order chi connectivity index (χ0) is 15.2. The number of hydrogen-bond donors (Lipinski definition) is 0. The van der Waals surface area contributed by atoms with Crippen molar-refractivity contribution in [2.24, 2.45) is 17.3 Å². The molecule has 2 heteroatoms. The smallest absolute Gasteiger partial charge is 0.0366 e. The first-order valence-corrected chi connectivity index (χ1v) is 9.16.